The Morgan fingerprint density at radius 2 is 2.04 bits per heavy atom. The van der Waals surface area contributed by atoms with Crippen LogP contribution in [0.3, 0.4) is 0 Å². The topological polar surface area (TPSA) is 21.3 Å². The molecule has 2 nitrogen and oxygen atoms in total. The standard InChI is InChI=1S/C21H24BrNO/c1-13(2)14-8-9-19-18(12-14)21-17(7-4-10-24-21)20(23-19)15-5-3-6-16(22)11-15/h3,5-6,8-9,11-13,17,20-21,23H,4,7,10H2,1-2H3. The van der Waals surface area contributed by atoms with Gasteiger partial charge in [-0.15, -0.1) is 0 Å². The van der Waals surface area contributed by atoms with Gasteiger partial charge in [0.1, 0.15) is 0 Å². The molecule has 0 bridgehead atoms. The van der Waals surface area contributed by atoms with Gasteiger partial charge in [-0.25, -0.2) is 0 Å². The fourth-order valence-electron chi connectivity index (χ4n) is 4.08. The third-order valence-electron chi connectivity index (χ3n) is 5.36. The molecule has 3 unspecified atom stereocenters. The van der Waals surface area contributed by atoms with E-state index in [-0.39, 0.29) is 6.10 Å². The second kappa shape index (κ2) is 6.53. The molecule has 2 aliphatic rings. The second-order valence-electron chi connectivity index (χ2n) is 7.28. The third kappa shape index (κ3) is 2.89. The summed E-state index contributed by atoms with van der Waals surface area (Å²) >= 11 is 3.61. The molecule has 1 saturated heterocycles. The maximum absolute atomic E-state index is 6.27. The minimum atomic E-state index is 0.206. The number of halogens is 1. The van der Waals surface area contributed by atoms with E-state index in [4.69, 9.17) is 4.74 Å². The average molecular weight is 386 g/mol. The van der Waals surface area contributed by atoms with Crippen molar-refractivity contribution in [3.05, 3.63) is 63.6 Å². The molecule has 24 heavy (non-hydrogen) atoms. The Labute approximate surface area is 152 Å². The van der Waals surface area contributed by atoms with Crippen LogP contribution in [0.15, 0.2) is 46.9 Å². The molecule has 1 fully saturated rings. The van der Waals surface area contributed by atoms with Crippen molar-refractivity contribution in [2.45, 2.75) is 44.8 Å². The van der Waals surface area contributed by atoms with Crippen LogP contribution >= 0.6 is 15.9 Å². The highest BCUT2D eigenvalue weighted by Crippen LogP contribution is 2.49. The fourth-order valence-corrected chi connectivity index (χ4v) is 4.50. The van der Waals surface area contributed by atoms with E-state index in [0.717, 1.165) is 17.5 Å². The predicted molar refractivity (Wildman–Crippen MR) is 102 cm³/mol. The van der Waals surface area contributed by atoms with Gasteiger partial charge in [-0.05, 0) is 48.1 Å². The van der Waals surface area contributed by atoms with Crippen LogP contribution in [0.2, 0.25) is 0 Å². The zero-order valence-electron chi connectivity index (χ0n) is 14.3. The predicted octanol–water partition coefficient (Wildman–Crippen LogP) is 6.21. The van der Waals surface area contributed by atoms with E-state index in [2.05, 4.69) is 77.6 Å². The zero-order chi connectivity index (χ0) is 16.7. The van der Waals surface area contributed by atoms with Gasteiger partial charge >= 0.3 is 0 Å². The Hall–Kier alpha value is -1.32. The molecule has 0 aromatic heterocycles. The Bertz CT molecular complexity index is 742. The summed E-state index contributed by atoms with van der Waals surface area (Å²) in [4.78, 5) is 0. The fraction of sp³-hybridized carbons (Fsp3) is 0.429. The zero-order valence-corrected chi connectivity index (χ0v) is 15.8. The summed E-state index contributed by atoms with van der Waals surface area (Å²) < 4.78 is 7.41. The van der Waals surface area contributed by atoms with Crippen molar-refractivity contribution in [1.82, 2.24) is 0 Å². The van der Waals surface area contributed by atoms with Crippen molar-refractivity contribution in [3.63, 3.8) is 0 Å². The second-order valence-corrected chi connectivity index (χ2v) is 8.19. The van der Waals surface area contributed by atoms with Gasteiger partial charge in [0.2, 0.25) is 0 Å². The van der Waals surface area contributed by atoms with E-state index in [1.165, 1.54) is 28.8 Å². The Morgan fingerprint density at radius 3 is 2.83 bits per heavy atom. The summed E-state index contributed by atoms with van der Waals surface area (Å²) in [6.45, 7) is 5.38. The molecule has 126 valence electrons. The van der Waals surface area contributed by atoms with Crippen LogP contribution in [0, 0.1) is 5.92 Å². The molecule has 1 N–H and O–H groups in total. The summed E-state index contributed by atoms with van der Waals surface area (Å²) in [5.74, 6) is 1.03. The largest absolute Gasteiger partial charge is 0.378 e. The molecule has 0 radical (unpaired) electrons. The molecule has 2 aromatic rings. The first kappa shape index (κ1) is 16.2. The molecule has 4 rings (SSSR count). The van der Waals surface area contributed by atoms with Crippen molar-refractivity contribution in [2.24, 2.45) is 5.92 Å². The Balaban J connectivity index is 1.77. The summed E-state index contributed by atoms with van der Waals surface area (Å²) in [7, 11) is 0. The van der Waals surface area contributed by atoms with E-state index in [9.17, 15) is 0 Å². The Morgan fingerprint density at radius 1 is 1.17 bits per heavy atom. The lowest BCUT2D eigenvalue weighted by Gasteiger charge is -2.43. The van der Waals surface area contributed by atoms with Crippen LogP contribution in [-0.2, 0) is 4.74 Å². The number of hydrogen-bond donors (Lipinski definition) is 1. The first-order valence-corrected chi connectivity index (χ1v) is 9.70. The molecule has 0 amide bonds. The molecule has 2 heterocycles. The molecule has 0 aliphatic carbocycles. The van der Waals surface area contributed by atoms with Gasteiger partial charge in [0.25, 0.3) is 0 Å². The maximum Gasteiger partial charge on any atom is 0.0895 e. The van der Waals surface area contributed by atoms with Crippen LogP contribution in [-0.4, -0.2) is 6.61 Å². The van der Waals surface area contributed by atoms with E-state index < -0.39 is 0 Å². The highest BCUT2D eigenvalue weighted by atomic mass is 79.9. The first-order valence-electron chi connectivity index (χ1n) is 8.91. The lowest BCUT2D eigenvalue weighted by atomic mass is 9.77. The molecule has 3 atom stereocenters. The van der Waals surface area contributed by atoms with Gasteiger partial charge in [0, 0.05) is 28.2 Å². The lowest BCUT2D eigenvalue weighted by molar-refractivity contribution is -0.0381. The van der Waals surface area contributed by atoms with Gasteiger partial charge in [-0.2, -0.15) is 0 Å². The number of anilines is 1. The van der Waals surface area contributed by atoms with E-state index in [1.807, 2.05) is 0 Å². The molecular weight excluding hydrogens is 362 g/mol. The van der Waals surface area contributed by atoms with Crippen molar-refractivity contribution in [3.8, 4) is 0 Å². The van der Waals surface area contributed by atoms with Crippen LogP contribution < -0.4 is 5.32 Å². The highest BCUT2D eigenvalue weighted by Gasteiger charge is 2.39. The van der Waals surface area contributed by atoms with Crippen molar-refractivity contribution in [1.29, 1.82) is 0 Å². The van der Waals surface area contributed by atoms with Gasteiger partial charge < -0.3 is 10.1 Å². The first-order chi connectivity index (χ1) is 11.6. The average Bonchev–Trinajstić information content (AvgIpc) is 2.60. The highest BCUT2D eigenvalue weighted by molar-refractivity contribution is 9.10. The van der Waals surface area contributed by atoms with E-state index in [1.54, 1.807) is 0 Å². The van der Waals surface area contributed by atoms with Gasteiger partial charge in [0.15, 0.2) is 0 Å². The van der Waals surface area contributed by atoms with E-state index >= 15 is 0 Å². The molecule has 0 spiro atoms. The normalized spacial score (nSPS) is 25.8. The Kier molecular flexibility index (Phi) is 4.40. The smallest absolute Gasteiger partial charge is 0.0895 e. The maximum atomic E-state index is 6.27. The van der Waals surface area contributed by atoms with Crippen molar-refractivity contribution in [2.75, 3.05) is 11.9 Å². The SMILES string of the molecule is CC(C)c1ccc2c(c1)C1OCCCC1C(c1cccc(Br)c1)N2. The molecule has 3 heteroatoms. The number of benzene rings is 2. The van der Waals surface area contributed by atoms with Crippen LogP contribution in [0.1, 0.15) is 61.4 Å². The van der Waals surface area contributed by atoms with Gasteiger partial charge in [-0.1, -0.05) is 54.0 Å². The quantitative estimate of drug-likeness (QED) is 0.663. The molecular formula is C21H24BrNO. The lowest BCUT2D eigenvalue weighted by Crippen LogP contribution is -2.36. The summed E-state index contributed by atoms with van der Waals surface area (Å²) in [6, 6.07) is 15.8. The number of ether oxygens (including phenoxy) is 1. The van der Waals surface area contributed by atoms with Crippen LogP contribution in [0.5, 0.6) is 0 Å². The van der Waals surface area contributed by atoms with E-state index in [0.29, 0.717) is 17.9 Å². The summed E-state index contributed by atoms with van der Waals surface area (Å²) in [5, 5.41) is 3.80. The third-order valence-corrected chi connectivity index (χ3v) is 5.86. The number of nitrogens with one attached hydrogen (secondary N) is 1. The number of rotatable bonds is 2. The number of fused-ring (bicyclic) bond motifs is 3. The van der Waals surface area contributed by atoms with Gasteiger partial charge in [0.05, 0.1) is 12.1 Å². The summed E-state index contributed by atoms with van der Waals surface area (Å²) in [5.41, 5.74) is 5.30. The summed E-state index contributed by atoms with van der Waals surface area (Å²) in [6.07, 6.45) is 2.56. The van der Waals surface area contributed by atoms with Crippen LogP contribution in [0.4, 0.5) is 5.69 Å². The number of hydrogen-bond acceptors (Lipinski definition) is 2. The molecule has 2 aromatic carbocycles. The van der Waals surface area contributed by atoms with Crippen molar-refractivity contribution >= 4 is 21.6 Å². The minimum absolute atomic E-state index is 0.206. The molecule has 2 aliphatic heterocycles. The van der Waals surface area contributed by atoms with Crippen LogP contribution in [0.25, 0.3) is 0 Å². The monoisotopic (exact) mass is 385 g/mol. The van der Waals surface area contributed by atoms with Gasteiger partial charge in [-0.3, -0.25) is 0 Å². The van der Waals surface area contributed by atoms with Crippen molar-refractivity contribution < 1.29 is 4.74 Å². The molecule has 0 saturated carbocycles. The minimum Gasteiger partial charge on any atom is -0.378 e.